The highest BCUT2D eigenvalue weighted by Crippen LogP contribution is 2.11. The largest absolute Gasteiger partial charge is 0.349 e. The van der Waals surface area contributed by atoms with Crippen molar-refractivity contribution in [2.45, 2.75) is 0 Å². The summed E-state index contributed by atoms with van der Waals surface area (Å²) in [5.41, 5.74) is 1.10. The second kappa shape index (κ2) is 5.37. The van der Waals surface area contributed by atoms with Gasteiger partial charge in [0.25, 0.3) is 5.91 Å². The zero-order chi connectivity index (χ0) is 13.1. The average molecular weight is 267 g/mol. The Bertz CT molecular complexity index is 564. The van der Waals surface area contributed by atoms with Crippen LogP contribution in [0.5, 0.6) is 0 Å². The van der Waals surface area contributed by atoms with Crippen molar-refractivity contribution in [3.8, 4) is 0 Å². The van der Waals surface area contributed by atoms with Gasteiger partial charge in [0.2, 0.25) is 0 Å². The van der Waals surface area contributed by atoms with E-state index in [-0.39, 0.29) is 5.91 Å². The third kappa shape index (κ3) is 3.00. The number of carbonyl (C=O) groups excluding carboxylic acids is 1. The summed E-state index contributed by atoms with van der Waals surface area (Å²) >= 11 is 5.87. The summed E-state index contributed by atoms with van der Waals surface area (Å²) in [6, 6.07) is 3.52. The molecule has 0 aliphatic heterocycles. The van der Waals surface area contributed by atoms with Gasteiger partial charge in [0, 0.05) is 25.5 Å². The molecule has 0 bridgehead atoms. The number of hydrogen-bond donors (Lipinski definition) is 1. The SMILES string of the molecule is CN(C)CCNC(=O)c1cn2cc(Cl)ccc2n1. The standard InChI is InChI=1S/C12H15ClN4O/c1-16(2)6-5-14-12(18)10-8-17-7-9(13)3-4-11(17)15-10/h3-4,7-8H,5-6H2,1-2H3,(H,14,18). The van der Waals surface area contributed by atoms with Crippen molar-refractivity contribution in [1.29, 1.82) is 0 Å². The van der Waals surface area contributed by atoms with E-state index < -0.39 is 0 Å². The number of fused-ring (bicyclic) bond motifs is 1. The topological polar surface area (TPSA) is 49.6 Å². The number of likely N-dealkylation sites (N-methyl/N-ethyl adjacent to an activating group) is 1. The van der Waals surface area contributed by atoms with Crippen LogP contribution in [0.25, 0.3) is 5.65 Å². The van der Waals surface area contributed by atoms with E-state index in [0.717, 1.165) is 6.54 Å². The molecule has 18 heavy (non-hydrogen) atoms. The number of pyridine rings is 1. The minimum atomic E-state index is -0.170. The van der Waals surface area contributed by atoms with E-state index in [1.165, 1.54) is 0 Å². The number of halogens is 1. The Hall–Kier alpha value is -1.59. The number of nitrogens with one attached hydrogen (secondary N) is 1. The Morgan fingerprint density at radius 2 is 2.22 bits per heavy atom. The zero-order valence-corrected chi connectivity index (χ0v) is 11.1. The molecule has 1 amide bonds. The predicted octanol–water partition coefficient (Wildman–Crippen LogP) is 1.28. The van der Waals surface area contributed by atoms with E-state index in [4.69, 9.17) is 11.6 Å². The fraction of sp³-hybridized carbons (Fsp3) is 0.333. The first-order valence-corrected chi connectivity index (χ1v) is 6.01. The number of rotatable bonds is 4. The molecule has 0 spiro atoms. The molecule has 96 valence electrons. The second-order valence-corrected chi connectivity index (χ2v) is 4.73. The van der Waals surface area contributed by atoms with E-state index in [1.807, 2.05) is 19.0 Å². The van der Waals surface area contributed by atoms with Crippen LogP contribution in [-0.4, -0.2) is 47.4 Å². The first-order chi connectivity index (χ1) is 8.56. The number of imidazole rings is 1. The molecule has 0 saturated carbocycles. The van der Waals surface area contributed by atoms with Crippen LogP contribution < -0.4 is 5.32 Å². The summed E-state index contributed by atoms with van der Waals surface area (Å²) in [5.74, 6) is -0.170. The van der Waals surface area contributed by atoms with Gasteiger partial charge >= 0.3 is 0 Å². The van der Waals surface area contributed by atoms with E-state index in [1.54, 1.807) is 28.9 Å². The van der Waals surface area contributed by atoms with Crippen LogP contribution in [0.3, 0.4) is 0 Å². The van der Waals surface area contributed by atoms with Crippen LogP contribution in [-0.2, 0) is 0 Å². The van der Waals surface area contributed by atoms with Crippen LogP contribution in [0.2, 0.25) is 5.02 Å². The quantitative estimate of drug-likeness (QED) is 0.907. The lowest BCUT2D eigenvalue weighted by atomic mass is 10.4. The molecular weight excluding hydrogens is 252 g/mol. The molecule has 0 fully saturated rings. The molecular formula is C12H15ClN4O. The molecule has 2 rings (SSSR count). The van der Waals surface area contributed by atoms with Crippen molar-refractivity contribution in [3.63, 3.8) is 0 Å². The summed E-state index contributed by atoms with van der Waals surface area (Å²) < 4.78 is 1.74. The van der Waals surface area contributed by atoms with Gasteiger partial charge in [-0.3, -0.25) is 4.79 Å². The molecule has 2 heterocycles. The highest BCUT2D eigenvalue weighted by atomic mass is 35.5. The van der Waals surface area contributed by atoms with Crippen molar-refractivity contribution in [3.05, 3.63) is 35.2 Å². The van der Waals surface area contributed by atoms with E-state index in [2.05, 4.69) is 10.3 Å². The van der Waals surface area contributed by atoms with Gasteiger partial charge in [0.1, 0.15) is 11.3 Å². The van der Waals surface area contributed by atoms with Crippen molar-refractivity contribution >= 4 is 23.2 Å². The third-order valence-electron chi connectivity index (χ3n) is 2.49. The molecule has 0 aliphatic rings. The smallest absolute Gasteiger partial charge is 0.271 e. The Morgan fingerprint density at radius 1 is 1.44 bits per heavy atom. The Morgan fingerprint density at radius 3 is 2.94 bits per heavy atom. The molecule has 6 heteroatoms. The Labute approximate surface area is 110 Å². The summed E-state index contributed by atoms with van der Waals surface area (Å²) in [7, 11) is 3.91. The fourth-order valence-electron chi connectivity index (χ4n) is 1.56. The van der Waals surface area contributed by atoms with Crippen LogP contribution in [0.15, 0.2) is 24.5 Å². The van der Waals surface area contributed by atoms with Crippen LogP contribution in [0, 0.1) is 0 Å². The number of amides is 1. The molecule has 1 N–H and O–H groups in total. The maximum Gasteiger partial charge on any atom is 0.271 e. The van der Waals surface area contributed by atoms with Gasteiger partial charge in [-0.05, 0) is 26.2 Å². The first kappa shape index (κ1) is 12.9. The average Bonchev–Trinajstić information content (AvgIpc) is 2.71. The molecule has 5 nitrogen and oxygen atoms in total. The number of nitrogens with zero attached hydrogens (tertiary/aromatic N) is 3. The molecule has 2 aromatic heterocycles. The van der Waals surface area contributed by atoms with Gasteiger partial charge in [0.05, 0.1) is 5.02 Å². The normalized spacial score (nSPS) is 11.1. The van der Waals surface area contributed by atoms with Gasteiger partial charge in [-0.2, -0.15) is 0 Å². The van der Waals surface area contributed by atoms with E-state index in [9.17, 15) is 4.79 Å². The summed E-state index contributed by atoms with van der Waals surface area (Å²) in [6.07, 6.45) is 3.40. The van der Waals surface area contributed by atoms with Gasteiger partial charge < -0.3 is 14.6 Å². The van der Waals surface area contributed by atoms with Crippen molar-refractivity contribution in [1.82, 2.24) is 19.6 Å². The Kier molecular flexibility index (Phi) is 3.84. The molecule has 0 unspecified atom stereocenters. The first-order valence-electron chi connectivity index (χ1n) is 5.63. The lowest BCUT2D eigenvalue weighted by molar-refractivity contribution is 0.0946. The number of carbonyl (C=O) groups is 1. The van der Waals surface area contributed by atoms with Gasteiger partial charge in [-0.15, -0.1) is 0 Å². The molecule has 0 aromatic carbocycles. The molecule has 2 aromatic rings. The lowest BCUT2D eigenvalue weighted by Crippen LogP contribution is -2.31. The third-order valence-corrected chi connectivity index (χ3v) is 2.72. The Balaban J connectivity index is 2.08. The summed E-state index contributed by atoms with van der Waals surface area (Å²) in [5, 5.41) is 3.43. The predicted molar refractivity (Wildman–Crippen MR) is 71.1 cm³/mol. The fourth-order valence-corrected chi connectivity index (χ4v) is 1.73. The van der Waals surface area contributed by atoms with Crippen molar-refractivity contribution < 1.29 is 4.79 Å². The number of aromatic nitrogens is 2. The minimum absolute atomic E-state index is 0.170. The molecule has 0 saturated heterocycles. The highest BCUT2D eigenvalue weighted by Gasteiger charge is 2.10. The molecule has 0 aliphatic carbocycles. The minimum Gasteiger partial charge on any atom is -0.349 e. The summed E-state index contributed by atoms with van der Waals surface area (Å²) in [6.45, 7) is 1.39. The molecule has 0 atom stereocenters. The monoisotopic (exact) mass is 266 g/mol. The molecule has 0 radical (unpaired) electrons. The lowest BCUT2D eigenvalue weighted by Gasteiger charge is -2.09. The second-order valence-electron chi connectivity index (χ2n) is 4.30. The highest BCUT2D eigenvalue weighted by molar-refractivity contribution is 6.30. The summed E-state index contributed by atoms with van der Waals surface area (Å²) in [4.78, 5) is 18.1. The zero-order valence-electron chi connectivity index (χ0n) is 10.4. The van der Waals surface area contributed by atoms with E-state index in [0.29, 0.717) is 22.9 Å². The van der Waals surface area contributed by atoms with Crippen LogP contribution in [0.4, 0.5) is 0 Å². The van der Waals surface area contributed by atoms with Gasteiger partial charge in [-0.1, -0.05) is 11.6 Å². The maximum atomic E-state index is 11.8. The van der Waals surface area contributed by atoms with Gasteiger partial charge in [0.15, 0.2) is 0 Å². The van der Waals surface area contributed by atoms with Crippen LogP contribution in [0.1, 0.15) is 10.5 Å². The number of hydrogen-bond acceptors (Lipinski definition) is 3. The van der Waals surface area contributed by atoms with Crippen molar-refractivity contribution in [2.75, 3.05) is 27.2 Å². The van der Waals surface area contributed by atoms with E-state index >= 15 is 0 Å². The maximum absolute atomic E-state index is 11.8. The van der Waals surface area contributed by atoms with Crippen LogP contribution >= 0.6 is 11.6 Å². The van der Waals surface area contributed by atoms with Gasteiger partial charge in [-0.25, -0.2) is 4.98 Å². The van der Waals surface area contributed by atoms with Crippen molar-refractivity contribution in [2.24, 2.45) is 0 Å².